The van der Waals surface area contributed by atoms with Crippen molar-refractivity contribution in [2.45, 2.75) is 25.8 Å². The molecular weight excluding hydrogens is 251 g/mol. The average molecular weight is 268 g/mol. The van der Waals surface area contributed by atoms with Crippen LogP contribution in [0.5, 0.6) is 5.88 Å². The number of hydrogen-bond acceptors (Lipinski definition) is 5. The highest BCUT2D eigenvalue weighted by atomic mass is 19.1. The van der Waals surface area contributed by atoms with Crippen molar-refractivity contribution in [3.05, 3.63) is 12.0 Å². The van der Waals surface area contributed by atoms with Gasteiger partial charge in [0.2, 0.25) is 17.7 Å². The van der Waals surface area contributed by atoms with E-state index in [2.05, 4.69) is 15.3 Å². The summed E-state index contributed by atoms with van der Waals surface area (Å²) in [6.07, 6.45) is 2.39. The van der Waals surface area contributed by atoms with E-state index in [0.717, 1.165) is 19.2 Å². The van der Waals surface area contributed by atoms with Crippen molar-refractivity contribution < 1.29 is 13.9 Å². The molecule has 1 aromatic rings. The molecule has 1 fully saturated rings. The van der Waals surface area contributed by atoms with Crippen LogP contribution in [0.4, 0.5) is 10.3 Å². The van der Waals surface area contributed by atoms with Crippen LogP contribution in [0, 0.1) is 5.82 Å². The molecule has 104 valence electrons. The van der Waals surface area contributed by atoms with E-state index in [-0.39, 0.29) is 23.8 Å². The van der Waals surface area contributed by atoms with Gasteiger partial charge in [0.1, 0.15) is 0 Å². The lowest BCUT2D eigenvalue weighted by Crippen LogP contribution is -2.29. The molecule has 19 heavy (non-hydrogen) atoms. The molecule has 2 heterocycles. The molecule has 0 aromatic carbocycles. The summed E-state index contributed by atoms with van der Waals surface area (Å²) in [4.78, 5) is 21.2. The minimum Gasteiger partial charge on any atom is -0.479 e. The summed E-state index contributed by atoms with van der Waals surface area (Å²) in [7, 11) is 1.34. The van der Waals surface area contributed by atoms with Crippen LogP contribution in [-0.4, -0.2) is 47.0 Å². The minimum absolute atomic E-state index is 0.0470. The first-order valence-corrected chi connectivity index (χ1v) is 6.25. The van der Waals surface area contributed by atoms with Gasteiger partial charge in [-0.1, -0.05) is 6.92 Å². The van der Waals surface area contributed by atoms with Gasteiger partial charge in [-0.15, -0.1) is 0 Å². The van der Waals surface area contributed by atoms with E-state index in [1.165, 1.54) is 7.11 Å². The van der Waals surface area contributed by atoms with Gasteiger partial charge in [0.25, 0.3) is 5.88 Å². The van der Waals surface area contributed by atoms with E-state index < -0.39 is 5.82 Å². The molecule has 0 radical (unpaired) electrons. The van der Waals surface area contributed by atoms with Crippen LogP contribution in [0.2, 0.25) is 0 Å². The molecule has 1 aliphatic heterocycles. The number of nitrogens with zero attached hydrogens (tertiary/aromatic N) is 3. The van der Waals surface area contributed by atoms with Crippen molar-refractivity contribution in [3.8, 4) is 5.88 Å². The fourth-order valence-electron chi connectivity index (χ4n) is 2.10. The molecule has 0 saturated carbocycles. The largest absolute Gasteiger partial charge is 0.479 e. The monoisotopic (exact) mass is 268 g/mol. The molecule has 1 unspecified atom stereocenters. The van der Waals surface area contributed by atoms with Crippen molar-refractivity contribution in [2.75, 3.05) is 25.5 Å². The van der Waals surface area contributed by atoms with Crippen molar-refractivity contribution in [1.82, 2.24) is 14.9 Å². The molecule has 1 atom stereocenters. The highest BCUT2D eigenvalue weighted by Crippen LogP contribution is 2.18. The summed E-state index contributed by atoms with van der Waals surface area (Å²) < 4.78 is 18.0. The predicted octanol–water partition coefficient (Wildman–Crippen LogP) is 1.05. The van der Waals surface area contributed by atoms with Gasteiger partial charge in [-0.25, -0.2) is 4.98 Å². The van der Waals surface area contributed by atoms with Crippen LogP contribution >= 0.6 is 0 Å². The molecule has 1 amide bonds. The first kappa shape index (κ1) is 13.5. The number of carbonyl (C=O) groups is 1. The summed E-state index contributed by atoms with van der Waals surface area (Å²) in [5.41, 5.74) is 0. The number of likely N-dealkylation sites (tertiary alicyclic amines) is 1. The summed E-state index contributed by atoms with van der Waals surface area (Å²) in [5, 5.41) is 3.03. The summed E-state index contributed by atoms with van der Waals surface area (Å²) in [6.45, 7) is 3.41. The molecule has 0 bridgehead atoms. The second-order valence-electron chi connectivity index (χ2n) is 4.44. The van der Waals surface area contributed by atoms with Gasteiger partial charge in [0.15, 0.2) is 0 Å². The Hall–Kier alpha value is -1.92. The average Bonchev–Trinajstić information content (AvgIpc) is 2.73. The predicted molar refractivity (Wildman–Crippen MR) is 67.4 cm³/mol. The maximum Gasteiger partial charge on any atom is 0.255 e. The number of anilines is 1. The van der Waals surface area contributed by atoms with Gasteiger partial charge in [0, 0.05) is 19.5 Å². The Labute approximate surface area is 111 Å². The van der Waals surface area contributed by atoms with Crippen LogP contribution in [0.15, 0.2) is 6.20 Å². The van der Waals surface area contributed by atoms with Crippen molar-refractivity contribution >= 4 is 11.9 Å². The molecule has 1 aliphatic rings. The highest BCUT2D eigenvalue weighted by Gasteiger charge is 2.29. The number of aromatic nitrogens is 2. The quantitative estimate of drug-likeness (QED) is 0.864. The first-order valence-electron chi connectivity index (χ1n) is 6.25. The highest BCUT2D eigenvalue weighted by molar-refractivity contribution is 5.79. The van der Waals surface area contributed by atoms with Gasteiger partial charge < -0.3 is 15.0 Å². The first-order chi connectivity index (χ1) is 9.13. The SMILES string of the molecule is CCCN1CC(Nc2ncc(F)c(OC)n2)CC1=O. The number of halogens is 1. The van der Waals surface area contributed by atoms with Gasteiger partial charge in [0.05, 0.1) is 19.3 Å². The second-order valence-corrected chi connectivity index (χ2v) is 4.44. The Morgan fingerprint density at radius 3 is 3.11 bits per heavy atom. The number of carbonyl (C=O) groups excluding carboxylic acids is 1. The van der Waals surface area contributed by atoms with E-state index in [0.29, 0.717) is 13.0 Å². The molecule has 7 heteroatoms. The molecule has 6 nitrogen and oxygen atoms in total. The zero-order valence-corrected chi connectivity index (χ0v) is 11.0. The van der Waals surface area contributed by atoms with Crippen LogP contribution in [0.1, 0.15) is 19.8 Å². The Morgan fingerprint density at radius 2 is 2.42 bits per heavy atom. The molecule has 1 aromatic heterocycles. The number of hydrogen-bond donors (Lipinski definition) is 1. The van der Waals surface area contributed by atoms with Gasteiger partial charge >= 0.3 is 0 Å². The zero-order valence-electron chi connectivity index (χ0n) is 11.0. The maximum atomic E-state index is 13.2. The van der Waals surface area contributed by atoms with E-state index in [9.17, 15) is 9.18 Å². The Bertz CT molecular complexity index is 469. The van der Waals surface area contributed by atoms with Crippen molar-refractivity contribution in [2.24, 2.45) is 0 Å². The smallest absolute Gasteiger partial charge is 0.255 e. The molecule has 2 rings (SSSR count). The van der Waals surface area contributed by atoms with Gasteiger partial charge in [-0.05, 0) is 6.42 Å². The van der Waals surface area contributed by atoms with Gasteiger partial charge in [-0.3, -0.25) is 4.79 Å². The Balaban J connectivity index is 2.00. The van der Waals surface area contributed by atoms with Crippen LogP contribution in [-0.2, 0) is 4.79 Å². The number of rotatable bonds is 5. The third-order valence-corrected chi connectivity index (χ3v) is 2.95. The fraction of sp³-hybridized carbons (Fsp3) is 0.583. The molecule has 1 saturated heterocycles. The number of nitrogens with one attached hydrogen (secondary N) is 1. The van der Waals surface area contributed by atoms with Crippen molar-refractivity contribution in [3.63, 3.8) is 0 Å². The van der Waals surface area contributed by atoms with Gasteiger partial charge in [-0.2, -0.15) is 9.37 Å². The summed E-state index contributed by atoms with van der Waals surface area (Å²) in [6, 6.07) is -0.0470. The van der Waals surface area contributed by atoms with E-state index in [1.54, 1.807) is 4.90 Å². The van der Waals surface area contributed by atoms with Crippen LogP contribution in [0.3, 0.4) is 0 Å². The summed E-state index contributed by atoms with van der Waals surface area (Å²) >= 11 is 0. The molecule has 0 aliphatic carbocycles. The van der Waals surface area contributed by atoms with E-state index in [1.807, 2.05) is 6.92 Å². The van der Waals surface area contributed by atoms with E-state index >= 15 is 0 Å². The van der Waals surface area contributed by atoms with Crippen LogP contribution < -0.4 is 10.1 Å². The number of amides is 1. The molecule has 1 N–H and O–H groups in total. The maximum absolute atomic E-state index is 13.2. The van der Waals surface area contributed by atoms with Crippen molar-refractivity contribution in [1.29, 1.82) is 0 Å². The number of methoxy groups -OCH3 is 1. The Kier molecular flexibility index (Phi) is 4.13. The Morgan fingerprint density at radius 1 is 1.63 bits per heavy atom. The normalized spacial score (nSPS) is 18.8. The standard InChI is InChI=1S/C12H17FN4O2/c1-3-4-17-7-8(5-10(17)18)15-12-14-6-9(13)11(16-12)19-2/h6,8H,3-5,7H2,1-2H3,(H,14,15,16). The third kappa shape index (κ3) is 3.10. The van der Waals surface area contributed by atoms with E-state index in [4.69, 9.17) is 4.74 Å². The lowest BCUT2D eigenvalue weighted by molar-refractivity contribution is -0.127. The lowest BCUT2D eigenvalue weighted by atomic mass is 10.2. The molecule has 0 spiro atoms. The molecular formula is C12H17FN4O2. The zero-order chi connectivity index (χ0) is 13.8. The second kappa shape index (κ2) is 5.81. The van der Waals surface area contributed by atoms with Crippen LogP contribution in [0.25, 0.3) is 0 Å². The lowest BCUT2D eigenvalue weighted by Gasteiger charge is -2.16. The third-order valence-electron chi connectivity index (χ3n) is 2.95. The fourth-order valence-corrected chi connectivity index (χ4v) is 2.10. The topological polar surface area (TPSA) is 67.3 Å². The summed E-state index contributed by atoms with van der Waals surface area (Å²) in [5.74, 6) is -0.321. The minimum atomic E-state index is -0.608. The number of ether oxygens (including phenoxy) is 1.